The maximum atomic E-state index is 13.3. The molecule has 2 heterocycles. The zero-order chi connectivity index (χ0) is 22.6. The number of rotatable bonds is 7. The van der Waals surface area contributed by atoms with Gasteiger partial charge < -0.3 is 21.7 Å². The highest BCUT2D eigenvalue weighted by Crippen LogP contribution is 2.53. The maximum Gasteiger partial charge on any atom is 0.254 e. The van der Waals surface area contributed by atoms with E-state index in [0.717, 1.165) is 25.8 Å². The number of amides is 1. The van der Waals surface area contributed by atoms with Gasteiger partial charge in [0.05, 0.1) is 11.8 Å². The predicted octanol–water partition coefficient (Wildman–Crippen LogP) is 2.08. The second-order valence-corrected chi connectivity index (χ2v) is 8.50. The first kappa shape index (κ1) is 22.0. The van der Waals surface area contributed by atoms with E-state index < -0.39 is 5.66 Å². The quantitative estimate of drug-likeness (QED) is 0.333. The molecule has 4 rings (SSSR count). The lowest BCUT2D eigenvalue weighted by Crippen LogP contribution is -2.60. The highest BCUT2D eigenvalue weighted by Gasteiger charge is 2.55. The van der Waals surface area contributed by atoms with E-state index in [0.29, 0.717) is 42.4 Å². The van der Waals surface area contributed by atoms with Gasteiger partial charge in [-0.3, -0.25) is 10.1 Å². The minimum atomic E-state index is -0.942. The molecule has 1 aliphatic carbocycles. The molecule has 168 valence electrons. The minimum Gasteiger partial charge on any atom is -0.372 e. The van der Waals surface area contributed by atoms with Crippen LogP contribution in [-0.2, 0) is 4.79 Å². The van der Waals surface area contributed by atoms with Gasteiger partial charge in [-0.15, -0.1) is 0 Å². The number of nitrogens with two attached hydrogens (primary N) is 1. The Bertz CT molecular complexity index is 1060. The summed E-state index contributed by atoms with van der Waals surface area (Å²) in [6.07, 6.45) is 5.97. The summed E-state index contributed by atoms with van der Waals surface area (Å²) in [5.74, 6) is 6.59. The van der Waals surface area contributed by atoms with Gasteiger partial charge in [-0.25, -0.2) is 9.37 Å². The SMILES string of the molecule is CNc1nc(Nc2cccc(F)c2)ncc1C#CCCCNC(=O)[C@]1(N)CC2(CC2)CN1. The van der Waals surface area contributed by atoms with Crippen LogP contribution < -0.4 is 27.0 Å². The van der Waals surface area contributed by atoms with Crippen molar-refractivity contribution in [2.75, 3.05) is 30.8 Å². The van der Waals surface area contributed by atoms with Gasteiger partial charge in [0.2, 0.25) is 5.95 Å². The first-order chi connectivity index (χ1) is 15.4. The molecular formula is C23H28FN7O. The number of aromatic nitrogens is 2. The first-order valence-corrected chi connectivity index (χ1v) is 10.8. The van der Waals surface area contributed by atoms with E-state index in [-0.39, 0.29) is 17.1 Å². The van der Waals surface area contributed by atoms with Gasteiger partial charge in [-0.2, -0.15) is 4.98 Å². The van der Waals surface area contributed by atoms with Crippen molar-refractivity contribution in [2.24, 2.45) is 11.1 Å². The monoisotopic (exact) mass is 437 g/mol. The molecule has 1 aromatic carbocycles. The number of carbonyl (C=O) groups excluding carboxylic acids is 1. The van der Waals surface area contributed by atoms with Crippen molar-refractivity contribution < 1.29 is 9.18 Å². The molecule has 0 bridgehead atoms. The molecule has 1 spiro atoms. The number of anilines is 3. The van der Waals surface area contributed by atoms with Crippen LogP contribution in [0.2, 0.25) is 0 Å². The van der Waals surface area contributed by atoms with Crippen molar-refractivity contribution in [2.45, 2.75) is 37.8 Å². The van der Waals surface area contributed by atoms with Gasteiger partial charge in [0.15, 0.2) is 0 Å². The molecule has 2 fully saturated rings. The Balaban J connectivity index is 1.25. The Morgan fingerprint density at radius 1 is 1.38 bits per heavy atom. The zero-order valence-corrected chi connectivity index (χ0v) is 18.1. The van der Waals surface area contributed by atoms with Gasteiger partial charge >= 0.3 is 0 Å². The third-order valence-electron chi connectivity index (χ3n) is 5.89. The molecule has 1 atom stereocenters. The smallest absolute Gasteiger partial charge is 0.254 e. The Morgan fingerprint density at radius 2 is 2.22 bits per heavy atom. The summed E-state index contributed by atoms with van der Waals surface area (Å²) in [7, 11) is 1.75. The molecule has 9 heteroatoms. The van der Waals surface area contributed by atoms with E-state index in [1.54, 1.807) is 25.4 Å². The van der Waals surface area contributed by atoms with Crippen LogP contribution in [0.4, 0.5) is 21.8 Å². The van der Waals surface area contributed by atoms with Crippen LogP contribution >= 0.6 is 0 Å². The number of nitrogens with zero attached hydrogens (tertiary/aromatic N) is 2. The summed E-state index contributed by atoms with van der Waals surface area (Å²) in [5, 5.41) is 12.1. The molecule has 1 saturated carbocycles. The second kappa shape index (κ2) is 9.10. The van der Waals surface area contributed by atoms with Crippen LogP contribution in [0.1, 0.15) is 37.7 Å². The Kier molecular flexibility index (Phi) is 6.26. The molecular weight excluding hydrogens is 409 g/mol. The van der Waals surface area contributed by atoms with E-state index in [4.69, 9.17) is 5.73 Å². The number of halogens is 1. The van der Waals surface area contributed by atoms with E-state index in [1.165, 1.54) is 12.1 Å². The molecule has 1 amide bonds. The number of hydrogen-bond acceptors (Lipinski definition) is 7. The third kappa shape index (κ3) is 5.15. The Hall–Kier alpha value is -3.22. The summed E-state index contributed by atoms with van der Waals surface area (Å²) in [5.41, 5.74) is 6.78. The molecule has 1 aliphatic heterocycles. The van der Waals surface area contributed by atoms with E-state index in [2.05, 4.69) is 43.1 Å². The topological polar surface area (TPSA) is 117 Å². The second-order valence-electron chi connectivity index (χ2n) is 8.50. The van der Waals surface area contributed by atoms with Crippen molar-refractivity contribution >= 4 is 23.4 Å². The number of hydrogen-bond donors (Lipinski definition) is 5. The normalized spacial score (nSPS) is 20.3. The van der Waals surface area contributed by atoms with Crippen LogP contribution in [0.5, 0.6) is 0 Å². The standard InChI is InChI=1S/C23H28FN7O/c1-26-19-16(13-28-21(31-19)30-18-8-5-7-17(24)12-18)6-3-2-4-11-27-20(32)23(25)14-22(9-10-22)15-29-23/h5,7-8,12-13,29H,2,4,9-11,14-15,25H2,1H3,(H,27,32)(H2,26,28,30,31)/t23-/m0/s1. The van der Waals surface area contributed by atoms with E-state index in [1.807, 2.05) is 0 Å². The number of benzene rings is 1. The Labute approximate surface area is 187 Å². The van der Waals surface area contributed by atoms with Crippen LogP contribution in [0, 0.1) is 23.1 Å². The lowest BCUT2D eigenvalue weighted by atomic mass is 9.98. The summed E-state index contributed by atoms with van der Waals surface area (Å²) in [6, 6.07) is 6.09. The van der Waals surface area contributed by atoms with Crippen molar-refractivity contribution in [1.82, 2.24) is 20.6 Å². The van der Waals surface area contributed by atoms with Crippen LogP contribution in [-0.4, -0.2) is 41.7 Å². The Morgan fingerprint density at radius 3 is 2.94 bits per heavy atom. The number of unbranched alkanes of at least 4 members (excludes halogenated alkanes) is 1. The van der Waals surface area contributed by atoms with Crippen molar-refractivity contribution in [3.8, 4) is 11.8 Å². The molecule has 32 heavy (non-hydrogen) atoms. The third-order valence-corrected chi connectivity index (χ3v) is 5.89. The highest BCUT2D eigenvalue weighted by atomic mass is 19.1. The lowest BCUT2D eigenvalue weighted by molar-refractivity contribution is -0.127. The molecule has 6 N–H and O–H groups in total. The van der Waals surface area contributed by atoms with Gasteiger partial charge in [-0.1, -0.05) is 17.9 Å². The van der Waals surface area contributed by atoms with Crippen molar-refractivity contribution in [3.05, 3.63) is 41.8 Å². The summed E-state index contributed by atoms with van der Waals surface area (Å²) >= 11 is 0. The predicted molar refractivity (Wildman–Crippen MR) is 122 cm³/mol. The summed E-state index contributed by atoms with van der Waals surface area (Å²) in [4.78, 5) is 21.1. The number of nitrogens with one attached hydrogen (secondary N) is 4. The van der Waals surface area contributed by atoms with Crippen molar-refractivity contribution in [3.63, 3.8) is 0 Å². The first-order valence-electron chi connectivity index (χ1n) is 10.8. The highest BCUT2D eigenvalue weighted by molar-refractivity contribution is 5.86. The van der Waals surface area contributed by atoms with Gasteiger partial charge in [-0.05, 0) is 49.3 Å². The van der Waals surface area contributed by atoms with E-state index in [9.17, 15) is 9.18 Å². The fraction of sp³-hybridized carbons (Fsp3) is 0.435. The largest absolute Gasteiger partial charge is 0.372 e. The van der Waals surface area contributed by atoms with Crippen LogP contribution in [0.25, 0.3) is 0 Å². The molecule has 2 aliphatic rings. The van der Waals surface area contributed by atoms with Crippen LogP contribution in [0.15, 0.2) is 30.5 Å². The minimum absolute atomic E-state index is 0.138. The fourth-order valence-corrected chi connectivity index (χ4v) is 3.87. The average molecular weight is 438 g/mol. The fourth-order valence-electron chi connectivity index (χ4n) is 3.87. The van der Waals surface area contributed by atoms with Crippen molar-refractivity contribution in [1.29, 1.82) is 0 Å². The van der Waals surface area contributed by atoms with Gasteiger partial charge in [0.25, 0.3) is 5.91 Å². The van der Waals surface area contributed by atoms with E-state index >= 15 is 0 Å². The molecule has 1 aromatic heterocycles. The molecule has 0 radical (unpaired) electrons. The maximum absolute atomic E-state index is 13.3. The molecule has 8 nitrogen and oxygen atoms in total. The molecule has 0 unspecified atom stereocenters. The summed E-state index contributed by atoms with van der Waals surface area (Å²) < 4.78 is 13.3. The summed E-state index contributed by atoms with van der Waals surface area (Å²) in [6.45, 7) is 1.35. The zero-order valence-electron chi connectivity index (χ0n) is 18.1. The number of carbonyl (C=O) groups is 1. The average Bonchev–Trinajstić information content (AvgIpc) is 3.45. The molecule has 2 aromatic rings. The van der Waals surface area contributed by atoms with Gasteiger partial charge in [0, 0.05) is 32.2 Å². The lowest BCUT2D eigenvalue weighted by Gasteiger charge is -2.23. The van der Waals surface area contributed by atoms with Gasteiger partial charge in [0.1, 0.15) is 17.3 Å². The van der Waals surface area contributed by atoms with Crippen LogP contribution in [0.3, 0.4) is 0 Å². The molecule has 1 saturated heterocycles.